The van der Waals surface area contributed by atoms with E-state index in [1.165, 1.54) is 18.2 Å². The number of carbonyl (C=O) groups excluding carboxylic acids is 2. The van der Waals surface area contributed by atoms with Crippen molar-refractivity contribution in [2.75, 3.05) is 6.61 Å². The van der Waals surface area contributed by atoms with Crippen LogP contribution in [-0.2, 0) is 20.5 Å². The van der Waals surface area contributed by atoms with Crippen molar-refractivity contribution in [1.29, 1.82) is 0 Å². The molecule has 0 amide bonds. The second-order valence-corrected chi connectivity index (χ2v) is 7.84. The Hall–Kier alpha value is -2.57. The number of Topliss-reactive ketones (excluding diaryl/α,β-unsaturated/α-hetero) is 1. The van der Waals surface area contributed by atoms with Crippen LogP contribution >= 0.6 is 0 Å². The standard InChI is InChI=1S/C22H24F3NO3/c1-12(2)11-29-21(28)18-13(3)26-16-9-6-10-17(27)20(16)19(18)14-7-4-5-8-15(14)22(23,24)25/h4-5,7-8,12,19,26H,6,9-11H2,1-3H3. The van der Waals surface area contributed by atoms with E-state index >= 15 is 0 Å². The van der Waals surface area contributed by atoms with Crippen molar-refractivity contribution in [3.8, 4) is 0 Å². The van der Waals surface area contributed by atoms with Crippen molar-refractivity contribution in [3.05, 3.63) is 57.9 Å². The number of benzene rings is 1. The van der Waals surface area contributed by atoms with Crippen LogP contribution in [0.2, 0.25) is 0 Å². The first-order chi connectivity index (χ1) is 13.6. The molecular formula is C22H24F3NO3. The summed E-state index contributed by atoms with van der Waals surface area (Å²) in [5.41, 5.74) is 0.390. The third kappa shape index (κ3) is 4.23. The normalized spacial score (nSPS) is 20.0. The molecule has 4 nitrogen and oxygen atoms in total. The van der Waals surface area contributed by atoms with Gasteiger partial charge in [-0.05, 0) is 37.3 Å². The molecule has 29 heavy (non-hydrogen) atoms. The number of dihydropyridines is 1. The fourth-order valence-electron chi connectivity index (χ4n) is 3.89. The number of allylic oxidation sites excluding steroid dienone is 3. The molecular weight excluding hydrogens is 383 g/mol. The first kappa shape index (κ1) is 21.1. The van der Waals surface area contributed by atoms with Crippen molar-refractivity contribution in [1.82, 2.24) is 5.32 Å². The molecule has 1 aromatic rings. The highest BCUT2D eigenvalue weighted by molar-refractivity contribution is 6.03. The first-order valence-corrected chi connectivity index (χ1v) is 9.68. The number of hydrogen-bond acceptors (Lipinski definition) is 4. The van der Waals surface area contributed by atoms with E-state index in [2.05, 4.69) is 5.32 Å². The predicted octanol–water partition coefficient (Wildman–Crippen LogP) is 4.87. The van der Waals surface area contributed by atoms with Gasteiger partial charge in [-0.1, -0.05) is 32.0 Å². The second kappa shape index (κ2) is 8.05. The first-order valence-electron chi connectivity index (χ1n) is 9.68. The summed E-state index contributed by atoms with van der Waals surface area (Å²) in [6, 6.07) is 5.12. The molecule has 0 fully saturated rings. The van der Waals surface area contributed by atoms with Gasteiger partial charge in [0.05, 0.1) is 17.7 Å². The van der Waals surface area contributed by atoms with Crippen molar-refractivity contribution in [2.24, 2.45) is 5.92 Å². The largest absolute Gasteiger partial charge is 0.462 e. The van der Waals surface area contributed by atoms with E-state index in [1.807, 2.05) is 13.8 Å². The van der Waals surface area contributed by atoms with Crippen LogP contribution in [0.5, 0.6) is 0 Å². The van der Waals surface area contributed by atoms with Crippen molar-refractivity contribution < 1.29 is 27.5 Å². The predicted molar refractivity (Wildman–Crippen MR) is 102 cm³/mol. The molecule has 3 rings (SSSR count). The van der Waals surface area contributed by atoms with Crippen LogP contribution < -0.4 is 5.32 Å². The molecule has 1 N–H and O–H groups in total. The third-order valence-corrected chi connectivity index (χ3v) is 5.12. The van der Waals surface area contributed by atoms with E-state index < -0.39 is 23.6 Å². The van der Waals surface area contributed by atoms with Gasteiger partial charge in [0.15, 0.2) is 5.78 Å². The summed E-state index contributed by atoms with van der Waals surface area (Å²) in [4.78, 5) is 25.7. The molecule has 1 aliphatic carbocycles. The lowest BCUT2D eigenvalue weighted by Gasteiger charge is -2.35. The van der Waals surface area contributed by atoms with Gasteiger partial charge in [-0.2, -0.15) is 13.2 Å². The minimum atomic E-state index is -4.61. The summed E-state index contributed by atoms with van der Waals surface area (Å²) < 4.78 is 46.6. The number of esters is 1. The molecule has 1 aromatic carbocycles. The molecule has 156 valence electrons. The van der Waals surface area contributed by atoms with Gasteiger partial charge in [0.25, 0.3) is 0 Å². The van der Waals surface area contributed by atoms with E-state index in [-0.39, 0.29) is 41.4 Å². The minimum Gasteiger partial charge on any atom is -0.462 e. The molecule has 0 saturated heterocycles. The Kier molecular flexibility index (Phi) is 5.87. The Morgan fingerprint density at radius 1 is 1.24 bits per heavy atom. The van der Waals surface area contributed by atoms with E-state index in [4.69, 9.17) is 4.74 Å². The number of ketones is 1. The highest BCUT2D eigenvalue weighted by Crippen LogP contribution is 2.46. The van der Waals surface area contributed by atoms with Gasteiger partial charge in [-0.25, -0.2) is 4.79 Å². The van der Waals surface area contributed by atoms with Gasteiger partial charge in [0.1, 0.15) is 0 Å². The monoisotopic (exact) mass is 407 g/mol. The summed E-state index contributed by atoms with van der Waals surface area (Å²) in [7, 11) is 0. The smallest absolute Gasteiger partial charge is 0.416 e. The van der Waals surface area contributed by atoms with Crippen molar-refractivity contribution >= 4 is 11.8 Å². The number of ether oxygens (including phenoxy) is 1. The van der Waals surface area contributed by atoms with E-state index in [0.29, 0.717) is 24.2 Å². The zero-order valence-electron chi connectivity index (χ0n) is 16.7. The van der Waals surface area contributed by atoms with Gasteiger partial charge >= 0.3 is 12.1 Å². The average molecular weight is 407 g/mol. The summed E-state index contributed by atoms with van der Waals surface area (Å²) >= 11 is 0. The Balaban J connectivity index is 2.19. The van der Waals surface area contributed by atoms with Crippen LogP contribution in [0.3, 0.4) is 0 Å². The number of nitrogens with one attached hydrogen (secondary N) is 1. The maximum atomic E-state index is 13.8. The van der Waals surface area contributed by atoms with Gasteiger partial charge in [0, 0.05) is 29.3 Å². The van der Waals surface area contributed by atoms with Gasteiger partial charge in [-0.15, -0.1) is 0 Å². The number of hydrogen-bond donors (Lipinski definition) is 1. The SMILES string of the molecule is CC1=C(C(=O)OCC(C)C)C(c2ccccc2C(F)(F)F)C2=C(CCCC2=O)N1. The molecule has 7 heteroatoms. The van der Waals surface area contributed by atoms with Gasteiger partial charge in [0.2, 0.25) is 0 Å². The second-order valence-electron chi connectivity index (χ2n) is 7.84. The maximum Gasteiger partial charge on any atom is 0.416 e. The molecule has 1 heterocycles. The minimum absolute atomic E-state index is 0.0661. The third-order valence-electron chi connectivity index (χ3n) is 5.12. The van der Waals surface area contributed by atoms with Crippen molar-refractivity contribution in [2.45, 2.75) is 52.1 Å². The number of carbonyl (C=O) groups is 2. The Labute approximate surface area is 167 Å². The van der Waals surface area contributed by atoms with Crippen LogP contribution in [0, 0.1) is 5.92 Å². The Bertz CT molecular complexity index is 897. The fourth-order valence-corrected chi connectivity index (χ4v) is 3.89. The molecule has 0 spiro atoms. The zero-order chi connectivity index (χ0) is 21.3. The highest BCUT2D eigenvalue weighted by atomic mass is 19.4. The van der Waals surface area contributed by atoms with E-state index in [1.54, 1.807) is 6.92 Å². The lowest BCUT2D eigenvalue weighted by molar-refractivity contribution is -0.141. The summed E-state index contributed by atoms with van der Waals surface area (Å²) in [6.45, 7) is 5.52. The average Bonchev–Trinajstić information content (AvgIpc) is 2.64. The number of rotatable bonds is 4. The van der Waals surface area contributed by atoms with Crippen LogP contribution in [-0.4, -0.2) is 18.4 Å². The number of alkyl halides is 3. The molecule has 2 aliphatic rings. The summed E-state index contributed by atoms with van der Waals surface area (Å²) in [6.07, 6.45) is -3.19. The molecule has 1 aliphatic heterocycles. The van der Waals surface area contributed by atoms with Crippen LogP contribution in [0.15, 0.2) is 46.8 Å². The van der Waals surface area contributed by atoms with Crippen LogP contribution in [0.4, 0.5) is 13.2 Å². The maximum absolute atomic E-state index is 13.8. The molecule has 0 bridgehead atoms. The molecule has 0 radical (unpaired) electrons. The fraction of sp³-hybridized carbons (Fsp3) is 0.455. The molecule has 1 atom stereocenters. The lowest BCUT2D eigenvalue weighted by Crippen LogP contribution is -2.35. The van der Waals surface area contributed by atoms with Gasteiger partial charge in [-0.3, -0.25) is 4.79 Å². The quantitative estimate of drug-likeness (QED) is 0.724. The Morgan fingerprint density at radius 2 is 1.93 bits per heavy atom. The lowest BCUT2D eigenvalue weighted by atomic mass is 9.74. The Morgan fingerprint density at radius 3 is 2.59 bits per heavy atom. The summed E-state index contributed by atoms with van der Waals surface area (Å²) in [5.74, 6) is -1.96. The van der Waals surface area contributed by atoms with Crippen molar-refractivity contribution in [3.63, 3.8) is 0 Å². The van der Waals surface area contributed by atoms with Gasteiger partial charge < -0.3 is 10.1 Å². The molecule has 0 saturated carbocycles. The summed E-state index contributed by atoms with van der Waals surface area (Å²) in [5, 5.41) is 3.08. The molecule has 0 aromatic heterocycles. The number of halogens is 3. The van der Waals surface area contributed by atoms with Crippen LogP contribution in [0.25, 0.3) is 0 Å². The van der Waals surface area contributed by atoms with E-state index in [0.717, 1.165) is 6.07 Å². The highest BCUT2D eigenvalue weighted by Gasteiger charge is 2.43. The zero-order valence-corrected chi connectivity index (χ0v) is 16.7. The van der Waals surface area contributed by atoms with Crippen LogP contribution in [0.1, 0.15) is 57.1 Å². The molecule has 1 unspecified atom stereocenters. The topological polar surface area (TPSA) is 55.4 Å². The van der Waals surface area contributed by atoms with E-state index in [9.17, 15) is 22.8 Å².